The molecule has 1 amide bonds. The number of hydrogen-bond acceptors (Lipinski definition) is 4. The van der Waals surface area contributed by atoms with E-state index >= 15 is 0 Å². The second-order valence-electron chi connectivity index (χ2n) is 9.17. The molecule has 5 heteroatoms. The number of carbonyl (C=O) groups excluding carboxylic acids is 1. The summed E-state index contributed by atoms with van der Waals surface area (Å²) in [4.78, 5) is 12.8. The van der Waals surface area contributed by atoms with E-state index < -0.39 is 0 Å². The minimum absolute atomic E-state index is 0.0131. The molecule has 0 radical (unpaired) electrons. The molecule has 0 aliphatic heterocycles. The van der Waals surface area contributed by atoms with Crippen LogP contribution in [-0.4, -0.2) is 26.4 Å². The Hall–Kier alpha value is -3.47. The summed E-state index contributed by atoms with van der Waals surface area (Å²) in [5.74, 6) is 2.15. The fraction of sp³-hybridized carbons (Fsp3) is 0.345. The maximum Gasteiger partial charge on any atom is 0.407 e. The van der Waals surface area contributed by atoms with Gasteiger partial charge in [0.1, 0.15) is 6.61 Å². The molecule has 0 fully saturated rings. The molecule has 0 spiro atoms. The minimum atomic E-state index is -0.360. The zero-order valence-electron chi connectivity index (χ0n) is 19.8. The van der Waals surface area contributed by atoms with Crippen molar-refractivity contribution in [2.24, 2.45) is 0 Å². The van der Waals surface area contributed by atoms with Gasteiger partial charge in [-0.3, -0.25) is 0 Å². The summed E-state index contributed by atoms with van der Waals surface area (Å²) in [5, 5.41) is 3.20. The van der Waals surface area contributed by atoms with E-state index in [-0.39, 0.29) is 24.7 Å². The Bertz CT molecular complexity index is 1150. The predicted octanol–water partition coefficient (Wildman–Crippen LogP) is 5.76. The fourth-order valence-electron chi connectivity index (χ4n) is 5.71. The van der Waals surface area contributed by atoms with Crippen molar-refractivity contribution in [3.63, 3.8) is 0 Å². The van der Waals surface area contributed by atoms with Crippen molar-refractivity contribution in [3.05, 3.63) is 94.5 Å². The van der Waals surface area contributed by atoms with E-state index in [9.17, 15) is 4.79 Å². The molecule has 34 heavy (non-hydrogen) atoms. The molecule has 5 nitrogen and oxygen atoms in total. The van der Waals surface area contributed by atoms with Crippen LogP contribution in [0.15, 0.2) is 66.7 Å². The molecule has 0 bridgehead atoms. The maximum atomic E-state index is 12.8. The molecule has 2 aliphatic rings. The highest BCUT2D eigenvalue weighted by Gasteiger charge is 2.40. The van der Waals surface area contributed by atoms with E-state index in [1.807, 2.05) is 30.3 Å². The van der Waals surface area contributed by atoms with Gasteiger partial charge in [0, 0.05) is 17.5 Å². The molecule has 0 aromatic heterocycles. The first kappa shape index (κ1) is 22.3. The SMILES string of the molecule is COc1cc2c3c(c1OC)C[C@@H](c1ccccc1)C[C@H]3[C@H](NC(=O)OCc1ccccc1)CC2. The number of amides is 1. The summed E-state index contributed by atoms with van der Waals surface area (Å²) in [6, 6.07) is 22.5. The zero-order valence-corrected chi connectivity index (χ0v) is 19.8. The summed E-state index contributed by atoms with van der Waals surface area (Å²) in [6.07, 6.45) is 3.27. The molecular weight excluding hydrogens is 426 g/mol. The predicted molar refractivity (Wildman–Crippen MR) is 132 cm³/mol. The van der Waals surface area contributed by atoms with Gasteiger partial charge in [-0.25, -0.2) is 4.79 Å². The normalized spacial score (nSPS) is 20.7. The molecule has 176 valence electrons. The van der Waals surface area contributed by atoms with Crippen LogP contribution in [0.25, 0.3) is 0 Å². The van der Waals surface area contributed by atoms with Crippen molar-refractivity contribution in [1.29, 1.82) is 0 Å². The van der Waals surface area contributed by atoms with Crippen molar-refractivity contribution < 1.29 is 19.0 Å². The lowest BCUT2D eigenvalue weighted by molar-refractivity contribution is 0.131. The van der Waals surface area contributed by atoms with Crippen LogP contribution in [0.2, 0.25) is 0 Å². The van der Waals surface area contributed by atoms with Gasteiger partial charge in [-0.2, -0.15) is 0 Å². The lowest BCUT2D eigenvalue weighted by Gasteiger charge is -2.42. The van der Waals surface area contributed by atoms with Gasteiger partial charge in [0.25, 0.3) is 0 Å². The number of hydrogen-bond donors (Lipinski definition) is 1. The Morgan fingerprint density at radius 1 is 1.00 bits per heavy atom. The van der Waals surface area contributed by atoms with E-state index in [4.69, 9.17) is 14.2 Å². The number of alkyl carbamates (subject to hydrolysis) is 1. The summed E-state index contributed by atoms with van der Waals surface area (Å²) in [7, 11) is 3.41. The third-order valence-electron chi connectivity index (χ3n) is 7.26. The van der Waals surface area contributed by atoms with Gasteiger partial charge < -0.3 is 19.5 Å². The van der Waals surface area contributed by atoms with Crippen LogP contribution in [0.3, 0.4) is 0 Å². The van der Waals surface area contributed by atoms with Gasteiger partial charge in [0.2, 0.25) is 0 Å². The van der Waals surface area contributed by atoms with Crippen LogP contribution in [-0.2, 0) is 24.2 Å². The first-order chi connectivity index (χ1) is 16.7. The first-order valence-electron chi connectivity index (χ1n) is 12.0. The lowest BCUT2D eigenvalue weighted by Crippen LogP contribution is -2.44. The standard InChI is InChI=1S/C29H31NO4/c1-32-26-17-21-13-14-25(30-29(31)34-18-19-9-5-3-6-10-19)23-15-22(20-11-7-4-8-12-20)16-24(27(21)23)28(26)33-2/h3-12,17,22-23,25H,13-16,18H2,1-2H3,(H,30,31)/t22-,23-,25+/m0/s1. The fourth-order valence-corrected chi connectivity index (χ4v) is 5.71. The highest BCUT2D eigenvalue weighted by Crippen LogP contribution is 2.51. The van der Waals surface area contributed by atoms with Crippen LogP contribution in [0.1, 0.15) is 52.5 Å². The molecule has 5 rings (SSSR count). The highest BCUT2D eigenvalue weighted by atomic mass is 16.5. The smallest absolute Gasteiger partial charge is 0.407 e. The van der Waals surface area contributed by atoms with Crippen molar-refractivity contribution in [3.8, 4) is 11.5 Å². The Balaban J connectivity index is 1.44. The molecule has 1 N–H and O–H groups in total. The van der Waals surface area contributed by atoms with Gasteiger partial charge in [-0.1, -0.05) is 60.7 Å². The quantitative estimate of drug-likeness (QED) is 0.511. The Morgan fingerprint density at radius 2 is 1.74 bits per heavy atom. The number of rotatable bonds is 6. The summed E-state index contributed by atoms with van der Waals surface area (Å²) in [6.45, 7) is 0.267. The average molecular weight is 458 g/mol. The Labute approximate surface area is 201 Å². The van der Waals surface area contributed by atoms with Crippen LogP contribution >= 0.6 is 0 Å². The summed E-state index contributed by atoms with van der Waals surface area (Å²) < 4.78 is 17.1. The first-order valence-corrected chi connectivity index (χ1v) is 12.0. The molecule has 0 saturated heterocycles. The molecule has 3 aromatic carbocycles. The maximum absolute atomic E-state index is 12.8. The van der Waals surface area contributed by atoms with E-state index in [0.717, 1.165) is 42.7 Å². The van der Waals surface area contributed by atoms with Crippen molar-refractivity contribution in [2.75, 3.05) is 14.2 Å². The largest absolute Gasteiger partial charge is 0.493 e. The molecule has 0 unspecified atom stereocenters. The second-order valence-corrected chi connectivity index (χ2v) is 9.17. The van der Waals surface area contributed by atoms with E-state index in [2.05, 4.69) is 41.7 Å². The second kappa shape index (κ2) is 9.80. The van der Waals surface area contributed by atoms with E-state index in [1.165, 1.54) is 22.3 Å². The van der Waals surface area contributed by atoms with E-state index in [1.54, 1.807) is 14.2 Å². The van der Waals surface area contributed by atoms with Crippen molar-refractivity contribution in [2.45, 2.75) is 50.2 Å². The van der Waals surface area contributed by atoms with Crippen LogP contribution in [0.4, 0.5) is 4.79 Å². The lowest BCUT2D eigenvalue weighted by atomic mass is 9.66. The number of aryl methyl sites for hydroxylation is 1. The third-order valence-corrected chi connectivity index (χ3v) is 7.26. The number of benzene rings is 3. The molecular formula is C29H31NO4. The third kappa shape index (κ3) is 4.35. The van der Waals surface area contributed by atoms with Crippen LogP contribution in [0.5, 0.6) is 11.5 Å². The van der Waals surface area contributed by atoms with Crippen molar-refractivity contribution >= 4 is 6.09 Å². The topological polar surface area (TPSA) is 56.8 Å². The molecule has 3 aromatic rings. The summed E-state index contributed by atoms with van der Waals surface area (Å²) in [5.41, 5.74) is 6.14. The minimum Gasteiger partial charge on any atom is -0.493 e. The Morgan fingerprint density at radius 3 is 2.44 bits per heavy atom. The monoisotopic (exact) mass is 457 g/mol. The van der Waals surface area contributed by atoms with Crippen LogP contribution in [0, 0.1) is 0 Å². The van der Waals surface area contributed by atoms with E-state index in [0.29, 0.717) is 5.92 Å². The number of carbonyl (C=O) groups is 1. The molecule has 0 saturated carbocycles. The van der Waals surface area contributed by atoms with Crippen molar-refractivity contribution in [1.82, 2.24) is 5.32 Å². The van der Waals surface area contributed by atoms with Gasteiger partial charge >= 0.3 is 6.09 Å². The number of methoxy groups -OCH3 is 2. The number of nitrogens with one attached hydrogen (secondary N) is 1. The van der Waals surface area contributed by atoms with Gasteiger partial charge in [-0.05, 0) is 59.9 Å². The number of ether oxygens (including phenoxy) is 3. The molecule has 2 aliphatic carbocycles. The van der Waals surface area contributed by atoms with Gasteiger partial charge in [-0.15, -0.1) is 0 Å². The molecule has 0 heterocycles. The van der Waals surface area contributed by atoms with Gasteiger partial charge in [0.15, 0.2) is 11.5 Å². The highest BCUT2D eigenvalue weighted by molar-refractivity contribution is 5.68. The molecule has 3 atom stereocenters. The summed E-state index contributed by atoms with van der Waals surface area (Å²) >= 11 is 0. The Kier molecular flexibility index (Phi) is 6.43. The van der Waals surface area contributed by atoms with Crippen LogP contribution < -0.4 is 14.8 Å². The zero-order chi connectivity index (χ0) is 23.5. The van der Waals surface area contributed by atoms with Gasteiger partial charge in [0.05, 0.1) is 14.2 Å². The average Bonchev–Trinajstić information content (AvgIpc) is 2.89.